The molecule has 0 saturated heterocycles. The van der Waals surface area contributed by atoms with Gasteiger partial charge in [0.05, 0.1) is 5.41 Å². The van der Waals surface area contributed by atoms with Gasteiger partial charge in [-0.25, -0.2) is 0 Å². The number of hydrogen-bond acceptors (Lipinski definition) is 3. The SMILES string of the molecule is c1ccc(-c2ccc(N(c3ccc(-c4ccc5oc6c(-c7ccccc7)c7c(cc6c5c4)oc4ccccc47)cc3)c3ccc4c(c3)C(c3ccccc3)(c3ccccc3)c3ccccc3-4)cc2)cc1. The molecule has 0 radical (unpaired) electrons. The fourth-order valence-electron chi connectivity index (χ4n) is 11.4. The van der Waals surface area contributed by atoms with E-state index in [4.69, 9.17) is 8.83 Å². The molecule has 0 unspecified atom stereocenters. The number of benzene rings is 11. The number of rotatable bonds is 8. The number of fused-ring (bicyclic) bond motifs is 9. The molecule has 70 heavy (non-hydrogen) atoms. The zero-order valence-corrected chi connectivity index (χ0v) is 38.1. The standard InChI is InChI=1S/C67H43NO2/c1-5-17-44(18-6-1)45-29-34-51(35-30-45)68(53-38-39-55-54-25-13-15-27-59(54)67(60(55)42-53,49-21-9-3-10-22-49)50-23-11-4-12-24-50)52-36-31-46(32-37-52)48-33-40-62-57(41-48)58-43-63-65(56-26-14-16-28-61(56)69-63)64(66(58)70-62)47-19-7-2-8-20-47/h1-43H. The van der Waals surface area contributed by atoms with Crippen LogP contribution in [0.3, 0.4) is 0 Å². The second-order valence-corrected chi connectivity index (χ2v) is 18.3. The average Bonchev–Trinajstić information content (AvgIpc) is 4.09. The number of para-hydroxylation sites is 1. The molecule has 0 spiro atoms. The van der Waals surface area contributed by atoms with E-state index < -0.39 is 5.41 Å². The molecule has 13 aromatic rings. The molecule has 0 N–H and O–H groups in total. The maximum absolute atomic E-state index is 6.82. The monoisotopic (exact) mass is 893 g/mol. The number of nitrogens with zero attached hydrogens (tertiary/aromatic N) is 1. The van der Waals surface area contributed by atoms with E-state index in [0.717, 1.165) is 83.2 Å². The lowest BCUT2D eigenvalue weighted by Gasteiger charge is -2.35. The Hall–Kier alpha value is -9.18. The highest BCUT2D eigenvalue weighted by molar-refractivity contribution is 6.23. The smallest absolute Gasteiger partial charge is 0.144 e. The first-order valence-corrected chi connectivity index (χ1v) is 24.0. The van der Waals surface area contributed by atoms with Gasteiger partial charge < -0.3 is 13.7 Å². The molecule has 1 aliphatic carbocycles. The molecule has 0 fully saturated rings. The largest absolute Gasteiger partial charge is 0.456 e. The van der Waals surface area contributed by atoms with Gasteiger partial charge in [-0.2, -0.15) is 0 Å². The third-order valence-corrected chi connectivity index (χ3v) is 14.6. The summed E-state index contributed by atoms with van der Waals surface area (Å²) in [5, 5.41) is 4.24. The number of furan rings is 2. The first kappa shape index (κ1) is 39.9. The summed E-state index contributed by atoms with van der Waals surface area (Å²) in [6.45, 7) is 0. The van der Waals surface area contributed by atoms with E-state index >= 15 is 0 Å². The molecule has 2 aromatic heterocycles. The zero-order chi connectivity index (χ0) is 46.2. The van der Waals surface area contributed by atoms with Crippen molar-refractivity contribution in [2.45, 2.75) is 5.41 Å². The van der Waals surface area contributed by atoms with Crippen LogP contribution in [0.25, 0.3) is 88.4 Å². The van der Waals surface area contributed by atoms with Gasteiger partial charge >= 0.3 is 0 Å². The summed E-state index contributed by atoms with van der Waals surface area (Å²) in [5.41, 5.74) is 20.4. The molecule has 3 heteroatoms. The van der Waals surface area contributed by atoms with Gasteiger partial charge in [0.15, 0.2) is 0 Å². The molecule has 3 nitrogen and oxygen atoms in total. The highest BCUT2D eigenvalue weighted by Gasteiger charge is 2.46. The van der Waals surface area contributed by atoms with Gasteiger partial charge in [0.25, 0.3) is 0 Å². The first-order valence-electron chi connectivity index (χ1n) is 24.0. The highest BCUT2D eigenvalue weighted by atomic mass is 16.3. The fraction of sp³-hybridized carbons (Fsp3) is 0.0149. The Morgan fingerprint density at radius 1 is 0.300 bits per heavy atom. The summed E-state index contributed by atoms with van der Waals surface area (Å²) >= 11 is 0. The fourth-order valence-corrected chi connectivity index (χ4v) is 11.4. The van der Waals surface area contributed by atoms with Crippen molar-refractivity contribution in [2.75, 3.05) is 4.90 Å². The minimum Gasteiger partial charge on any atom is -0.456 e. The molecule has 0 bridgehead atoms. The molecule has 2 heterocycles. The normalized spacial score (nSPS) is 12.7. The Kier molecular flexibility index (Phi) is 9.11. The first-order chi connectivity index (χ1) is 34.7. The second kappa shape index (κ2) is 16.0. The van der Waals surface area contributed by atoms with Crippen molar-refractivity contribution in [3.63, 3.8) is 0 Å². The Labute approximate surface area is 405 Å². The Balaban J connectivity index is 0.920. The van der Waals surface area contributed by atoms with E-state index in [-0.39, 0.29) is 0 Å². The van der Waals surface area contributed by atoms with Crippen LogP contribution in [0.15, 0.2) is 270 Å². The quantitative estimate of drug-likeness (QED) is 0.152. The van der Waals surface area contributed by atoms with Crippen molar-refractivity contribution in [2.24, 2.45) is 0 Å². The van der Waals surface area contributed by atoms with Crippen LogP contribution in [-0.4, -0.2) is 0 Å². The lowest BCUT2D eigenvalue weighted by atomic mass is 9.67. The summed E-state index contributed by atoms with van der Waals surface area (Å²) < 4.78 is 13.4. The van der Waals surface area contributed by atoms with Crippen molar-refractivity contribution < 1.29 is 8.83 Å². The van der Waals surface area contributed by atoms with Crippen LogP contribution in [0.5, 0.6) is 0 Å². The summed E-state index contributed by atoms with van der Waals surface area (Å²) in [4.78, 5) is 2.40. The Morgan fingerprint density at radius 3 is 1.50 bits per heavy atom. The van der Waals surface area contributed by atoms with Crippen molar-refractivity contribution in [3.05, 3.63) is 283 Å². The van der Waals surface area contributed by atoms with E-state index in [2.05, 4.69) is 254 Å². The van der Waals surface area contributed by atoms with E-state index in [9.17, 15) is 0 Å². The molecule has 0 aliphatic heterocycles. The van der Waals surface area contributed by atoms with Gasteiger partial charge in [0.1, 0.15) is 22.3 Å². The van der Waals surface area contributed by atoms with E-state index in [0.29, 0.717) is 0 Å². The summed E-state index contributed by atoms with van der Waals surface area (Å²) in [5.74, 6) is 0. The van der Waals surface area contributed by atoms with E-state index in [1.54, 1.807) is 0 Å². The van der Waals surface area contributed by atoms with Crippen LogP contribution in [0.1, 0.15) is 22.3 Å². The third kappa shape index (κ3) is 6.15. The molecule has 14 rings (SSSR count). The minimum absolute atomic E-state index is 0.523. The molecular formula is C67H43NO2. The Bertz CT molecular complexity index is 4040. The van der Waals surface area contributed by atoms with Gasteiger partial charge in [-0.15, -0.1) is 0 Å². The van der Waals surface area contributed by atoms with Gasteiger partial charge in [-0.3, -0.25) is 0 Å². The van der Waals surface area contributed by atoms with Crippen LogP contribution < -0.4 is 4.90 Å². The van der Waals surface area contributed by atoms with Gasteiger partial charge in [-0.05, 0) is 122 Å². The minimum atomic E-state index is -0.523. The summed E-state index contributed by atoms with van der Waals surface area (Å²) in [7, 11) is 0. The Morgan fingerprint density at radius 2 is 0.814 bits per heavy atom. The molecular weight excluding hydrogens is 851 g/mol. The summed E-state index contributed by atoms with van der Waals surface area (Å²) in [6.07, 6.45) is 0. The maximum atomic E-state index is 6.82. The summed E-state index contributed by atoms with van der Waals surface area (Å²) in [6, 6.07) is 94.2. The number of anilines is 3. The van der Waals surface area contributed by atoms with Crippen LogP contribution in [0.4, 0.5) is 17.1 Å². The van der Waals surface area contributed by atoms with Crippen molar-refractivity contribution in [1.29, 1.82) is 0 Å². The molecule has 0 atom stereocenters. The second-order valence-electron chi connectivity index (χ2n) is 18.3. The van der Waals surface area contributed by atoms with Crippen LogP contribution in [0.2, 0.25) is 0 Å². The maximum Gasteiger partial charge on any atom is 0.144 e. The zero-order valence-electron chi connectivity index (χ0n) is 38.1. The van der Waals surface area contributed by atoms with Crippen LogP contribution >= 0.6 is 0 Å². The van der Waals surface area contributed by atoms with Crippen molar-refractivity contribution in [3.8, 4) is 44.5 Å². The topological polar surface area (TPSA) is 29.5 Å². The molecule has 11 aromatic carbocycles. The van der Waals surface area contributed by atoms with E-state index in [1.807, 2.05) is 12.1 Å². The highest BCUT2D eigenvalue weighted by Crippen LogP contribution is 2.57. The van der Waals surface area contributed by atoms with Crippen LogP contribution in [-0.2, 0) is 5.41 Å². The average molecular weight is 894 g/mol. The van der Waals surface area contributed by atoms with Gasteiger partial charge in [0.2, 0.25) is 0 Å². The molecule has 0 saturated carbocycles. The number of hydrogen-bond donors (Lipinski definition) is 0. The van der Waals surface area contributed by atoms with Crippen LogP contribution in [0, 0.1) is 0 Å². The lowest BCUT2D eigenvalue weighted by Crippen LogP contribution is -2.28. The van der Waals surface area contributed by atoms with Crippen molar-refractivity contribution in [1.82, 2.24) is 0 Å². The van der Waals surface area contributed by atoms with Crippen molar-refractivity contribution >= 4 is 60.9 Å². The van der Waals surface area contributed by atoms with Gasteiger partial charge in [-0.1, -0.05) is 200 Å². The lowest BCUT2D eigenvalue weighted by molar-refractivity contribution is 0.664. The third-order valence-electron chi connectivity index (χ3n) is 14.6. The predicted octanol–water partition coefficient (Wildman–Crippen LogP) is 18.3. The van der Waals surface area contributed by atoms with E-state index in [1.165, 1.54) is 44.5 Å². The molecule has 0 amide bonds. The molecule has 328 valence electrons. The molecule has 1 aliphatic rings. The predicted molar refractivity (Wildman–Crippen MR) is 289 cm³/mol. The van der Waals surface area contributed by atoms with Gasteiger partial charge in [0, 0.05) is 44.2 Å².